The molecule has 1 amide bonds. The van der Waals surface area contributed by atoms with Gasteiger partial charge in [-0.1, -0.05) is 54.6 Å². The molecule has 1 aliphatic heterocycles. The van der Waals surface area contributed by atoms with E-state index in [0.717, 1.165) is 25.8 Å². The Morgan fingerprint density at radius 1 is 0.909 bits per heavy atom. The van der Waals surface area contributed by atoms with Crippen LogP contribution in [0.15, 0.2) is 54.6 Å². The van der Waals surface area contributed by atoms with Gasteiger partial charge < -0.3 is 4.90 Å². The summed E-state index contributed by atoms with van der Waals surface area (Å²) < 4.78 is 0. The van der Waals surface area contributed by atoms with Crippen LogP contribution in [0.5, 0.6) is 0 Å². The third kappa shape index (κ3) is 2.06. The Morgan fingerprint density at radius 3 is 2.55 bits per heavy atom. The average molecular weight is 291 g/mol. The van der Waals surface area contributed by atoms with E-state index in [0.29, 0.717) is 12.3 Å². The third-order valence-electron chi connectivity index (χ3n) is 5.31. The molecule has 1 saturated heterocycles. The molecule has 0 radical (unpaired) electrons. The SMILES string of the molecule is O=C1CCC2(CCCc3ccccc32)N1Cc1ccccc1. The van der Waals surface area contributed by atoms with Gasteiger partial charge in [-0.3, -0.25) is 4.79 Å². The zero-order chi connectivity index (χ0) is 15.0. The van der Waals surface area contributed by atoms with Gasteiger partial charge >= 0.3 is 0 Å². The molecule has 1 fully saturated rings. The van der Waals surface area contributed by atoms with Crippen molar-refractivity contribution in [1.82, 2.24) is 4.90 Å². The number of nitrogens with zero attached hydrogens (tertiary/aromatic N) is 1. The van der Waals surface area contributed by atoms with Crippen molar-refractivity contribution in [2.75, 3.05) is 0 Å². The lowest BCUT2D eigenvalue weighted by molar-refractivity contribution is -0.132. The first-order chi connectivity index (χ1) is 10.8. The molecular formula is C20H21NO. The van der Waals surface area contributed by atoms with E-state index < -0.39 is 0 Å². The molecule has 0 aromatic heterocycles. The van der Waals surface area contributed by atoms with Crippen LogP contribution in [0, 0.1) is 0 Å². The van der Waals surface area contributed by atoms with Crippen LogP contribution >= 0.6 is 0 Å². The van der Waals surface area contributed by atoms with Gasteiger partial charge in [-0.05, 0) is 42.4 Å². The molecular weight excluding hydrogens is 270 g/mol. The zero-order valence-electron chi connectivity index (χ0n) is 12.8. The monoisotopic (exact) mass is 291 g/mol. The fourth-order valence-corrected chi connectivity index (χ4v) is 4.27. The minimum Gasteiger partial charge on any atom is -0.329 e. The largest absolute Gasteiger partial charge is 0.329 e. The maximum absolute atomic E-state index is 12.6. The van der Waals surface area contributed by atoms with E-state index in [4.69, 9.17) is 0 Å². The zero-order valence-corrected chi connectivity index (χ0v) is 12.8. The Bertz CT molecular complexity index is 694. The number of hydrogen-bond donors (Lipinski definition) is 0. The van der Waals surface area contributed by atoms with E-state index in [9.17, 15) is 4.79 Å². The van der Waals surface area contributed by atoms with E-state index in [1.165, 1.54) is 23.1 Å². The number of fused-ring (bicyclic) bond motifs is 2. The molecule has 2 aromatic rings. The average Bonchev–Trinajstić information content (AvgIpc) is 2.87. The minimum atomic E-state index is -0.0677. The molecule has 1 heterocycles. The molecule has 22 heavy (non-hydrogen) atoms. The van der Waals surface area contributed by atoms with Gasteiger partial charge in [0.25, 0.3) is 0 Å². The molecule has 2 aliphatic rings. The molecule has 1 unspecified atom stereocenters. The van der Waals surface area contributed by atoms with Gasteiger partial charge in [-0.25, -0.2) is 0 Å². The van der Waals surface area contributed by atoms with Gasteiger partial charge in [-0.15, -0.1) is 0 Å². The van der Waals surface area contributed by atoms with Gasteiger partial charge in [0.2, 0.25) is 5.91 Å². The summed E-state index contributed by atoms with van der Waals surface area (Å²) in [6, 6.07) is 19.1. The van der Waals surface area contributed by atoms with Crippen molar-refractivity contribution in [2.45, 2.75) is 44.2 Å². The molecule has 0 saturated carbocycles. The summed E-state index contributed by atoms with van der Waals surface area (Å²) in [5, 5.41) is 0. The topological polar surface area (TPSA) is 20.3 Å². The Balaban J connectivity index is 1.76. The van der Waals surface area contributed by atoms with Crippen LogP contribution < -0.4 is 0 Å². The van der Waals surface area contributed by atoms with Gasteiger partial charge in [0.15, 0.2) is 0 Å². The van der Waals surface area contributed by atoms with Gasteiger partial charge in [0.05, 0.1) is 5.54 Å². The number of hydrogen-bond acceptors (Lipinski definition) is 1. The summed E-state index contributed by atoms with van der Waals surface area (Å²) in [6.07, 6.45) is 5.07. The van der Waals surface area contributed by atoms with Crippen molar-refractivity contribution in [1.29, 1.82) is 0 Å². The van der Waals surface area contributed by atoms with E-state index in [1.807, 2.05) is 6.07 Å². The third-order valence-corrected chi connectivity index (χ3v) is 5.31. The predicted octanol–water partition coefficient (Wildman–Crippen LogP) is 4.04. The normalized spacial score (nSPS) is 23.8. The molecule has 4 rings (SSSR count). The molecule has 112 valence electrons. The van der Waals surface area contributed by atoms with Crippen LogP contribution in [-0.2, 0) is 23.3 Å². The number of carbonyl (C=O) groups is 1. The lowest BCUT2D eigenvalue weighted by atomic mass is 9.75. The highest BCUT2D eigenvalue weighted by molar-refractivity contribution is 5.80. The second-order valence-corrected chi connectivity index (χ2v) is 6.51. The number of rotatable bonds is 2. The fourth-order valence-electron chi connectivity index (χ4n) is 4.27. The predicted molar refractivity (Wildman–Crippen MR) is 87.3 cm³/mol. The maximum atomic E-state index is 12.6. The van der Waals surface area contributed by atoms with E-state index in [2.05, 4.69) is 53.4 Å². The van der Waals surface area contributed by atoms with Crippen LogP contribution in [0.2, 0.25) is 0 Å². The number of benzene rings is 2. The van der Waals surface area contributed by atoms with Gasteiger partial charge in [-0.2, -0.15) is 0 Å². The fraction of sp³-hybridized carbons (Fsp3) is 0.350. The molecule has 2 aromatic carbocycles. The summed E-state index contributed by atoms with van der Waals surface area (Å²) in [4.78, 5) is 14.7. The summed E-state index contributed by atoms with van der Waals surface area (Å²) in [5.41, 5.74) is 3.98. The molecule has 1 atom stereocenters. The van der Waals surface area contributed by atoms with Crippen molar-refractivity contribution in [2.24, 2.45) is 0 Å². The molecule has 1 aliphatic carbocycles. The second kappa shape index (κ2) is 5.28. The summed E-state index contributed by atoms with van der Waals surface area (Å²) in [6.45, 7) is 0.730. The standard InChI is InChI=1S/C20H21NO/c22-19-12-14-20(21(19)15-16-7-2-1-3-8-16)13-6-10-17-9-4-5-11-18(17)20/h1-5,7-9,11H,6,10,12-15H2. The lowest BCUT2D eigenvalue weighted by Crippen LogP contribution is -2.45. The highest BCUT2D eigenvalue weighted by Crippen LogP contribution is 2.48. The summed E-state index contributed by atoms with van der Waals surface area (Å²) in [7, 11) is 0. The molecule has 0 N–H and O–H groups in total. The van der Waals surface area contributed by atoms with Crippen molar-refractivity contribution in [3.63, 3.8) is 0 Å². The van der Waals surface area contributed by atoms with Crippen LogP contribution in [0.4, 0.5) is 0 Å². The molecule has 2 nitrogen and oxygen atoms in total. The van der Waals surface area contributed by atoms with E-state index in [-0.39, 0.29) is 5.54 Å². The smallest absolute Gasteiger partial charge is 0.223 e. The van der Waals surface area contributed by atoms with Crippen molar-refractivity contribution >= 4 is 5.91 Å². The Morgan fingerprint density at radius 2 is 1.68 bits per heavy atom. The number of likely N-dealkylation sites (tertiary alicyclic amines) is 1. The number of amides is 1. The highest BCUT2D eigenvalue weighted by atomic mass is 16.2. The van der Waals surface area contributed by atoms with Crippen LogP contribution in [0.25, 0.3) is 0 Å². The van der Waals surface area contributed by atoms with Crippen LogP contribution in [-0.4, -0.2) is 10.8 Å². The first-order valence-electron chi connectivity index (χ1n) is 8.22. The number of carbonyl (C=O) groups excluding carboxylic acids is 1. The molecule has 1 spiro atoms. The van der Waals surface area contributed by atoms with Crippen LogP contribution in [0.3, 0.4) is 0 Å². The van der Waals surface area contributed by atoms with Crippen molar-refractivity contribution in [3.8, 4) is 0 Å². The quantitative estimate of drug-likeness (QED) is 0.817. The second-order valence-electron chi connectivity index (χ2n) is 6.51. The first-order valence-corrected chi connectivity index (χ1v) is 8.22. The summed E-state index contributed by atoms with van der Waals surface area (Å²) in [5.74, 6) is 0.306. The number of aryl methyl sites for hydroxylation is 1. The van der Waals surface area contributed by atoms with Crippen LogP contribution in [0.1, 0.15) is 42.4 Å². The van der Waals surface area contributed by atoms with Crippen molar-refractivity contribution < 1.29 is 4.79 Å². The summed E-state index contributed by atoms with van der Waals surface area (Å²) >= 11 is 0. The lowest BCUT2D eigenvalue weighted by Gasteiger charge is -2.43. The van der Waals surface area contributed by atoms with Gasteiger partial charge in [0, 0.05) is 13.0 Å². The maximum Gasteiger partial charge on any atom is 0.223 e. The highest BCUT2D eigenvalue weighted by Gasteiger charge is 2.48. The van der Waals surface area contributed by atoms with Gasteiger partial charge in [0.1, 0.15) is 0 Å². The molecule has 2 heteroatoms. The Labute approximate surface area is 131 Å². The Hall–Kier alpha value is -2.09. The minimum absolute atomic E-state index is 0.0677. The first kappa shape index (κ1) is 13.6. The van der Waals surface area contributed by atoms with Crippen molar-refractivity contribution in [3.05, 3.63) is 71.3 Å². The molecule has 0 bridgehead atoms. The Kier molecular flexibility index (Phi) is 3.25. The van der Waals surface area contributed by atoms with E-state index in [1.54, 1.807) is 0 Å². The van der Waals surface area contributed by atoms with E-state index >= 15 is 0 Å².